The van der Waals surface area contributed by atoms with Crippen molar-refractivity contribution in [2.75, 3.05) is 6.54 Å². The largest absolute Gasteiger partial charge is 0.569 e. The van der Waals surface area contributed by atoms with Crippen molar-refractivity contribution in [2.24, 2.45) is 10.7 Å². The fourth-order valence-corrected chi connectivity index (χ4v) is 1.33. The fraction of sp³-hybridized carbons (Fsp3) is 0.818. The zero-order chi connectivity index (χ0) is 15.5. The number of hydrogen-bond acceptors (Lipinski definition) is 6. The Hall–Kier alpha value is -2.06. The van der Waals surface area contributed by atoms with Crippen LogP contribution in [-0.2, 0) is 19.2 Å². The number of carbonyl (C=O) groups excluding carboxylic acids is 1. The first kappa shape index (κ1) is 16.0. The number of esters is 1. The van der Waals surface area contributed by atoms with Crippen LogP contribution in [0.15, 0.2) is 5.28 Å². The van der Waals surface area contributed by atoms with Crippen LogP contribution >= 0.6 is 0 Å². The van der Waals surface area contributed by atoms with Gasteiger partial charge in [0.15, 0.2) is 6.04 Å². The minimum absolute atomic E-state index is 0.0592. The lowest BCUT2D eigenvalue weighted by Crippen LogP contribution is -2.55. The number of ether oxygens (including phenoxy) is 1. The van der Waals surface area contributed by atoms with Crippen molar-refractivity contribution in [1.82, 2.24) is 5.01 Å². The molecule has 0 bridgehead atoms. The van der Waals surface area contributed by atoms with Crippen LogP contribution in [0.1, 0.15) is 34.1 Å². The van der Waals surface area contributed by atoms with E-state index in [1.54, 1.807) is 20.8 Å². The summed E-state index contributed by atoms with van der Waals surface area (Å²) in [5.74, 6) is -1.59. The van der Waals surface area contributed by atoms with Crippen molar-refractivity contribution >= 4 is 11.9 Å². The lowest BCUT2D eigenvalue weighted by Gasteiger charge is -2.32. The predicted octanol–water partition coefficient (Wildman–Crippen LogP) is 0.890. The number of carboxylic acid groups (broad SMARTS) is 1. The van der Waals surface area contributed by atoms with Crippen LogP contribution in [0, 0.1) is 10.6 Å². The van der Waals surface area contributed by atoms with Gasteiger partial charge in [-0.3, -0.25) is 9.63 Å². The Morgan fingerprint density at radius 2 is 2.10 bits per heavy atom. The molecule has 0 amide bonds. The van der Waals surface area contributed by atoms with E-state index in [1.165, 1.54) is 6.92 Å². The summed E-state index contributed by atoms with van der Waals surface area (Å²) < 4.78 is 4.92. The molecule has 114 valence electrons. The van der Waals surface area contributed by atoms with E-state index in [0.29, 0.717) is 6.42 Å². The lowest BCUT2D eigenvalue weighted by molar-refractivity contribution is -0.730. The van der Waals surface area contributed by atoms with Gasteiger partial charge < -0.3 is 15.1 Å². The molecule has 1 rings (SSSR count). The number of carboxylic acids is 1. The zero-order valence-corrected chi connectivity index (χ0v) is 11.9. The molecule has 1 heterocycles. The highest BCUT2D eigenvalue weighted by Crippen LogP contribution is 2.18. The van der Waals surface area contributed by atoms with Gasteiger partial charge in [-0.2, -0.15) is 0 Å². The topological polar surface area (TPSA) is 114 Å². The van der Waals surface area contributed by atoms with Crippen molar-refractivity contribution in [3.63, 3.8) is 0 Å². The molecule has 1 unspecified atom stereocenters. The fourth-order valence-electron chi connectivity index (χ4n) is 1.33. The first-order valence-corrected chi connectivity index (χ1v) is 6.17. The molecule has 1 saturated heterocycles. The normalized spacial score (nSPS) is 20.9. The first-order valence-electron chi connectivity index (χ1n) is 6.17. The van der Waals surface area contributed by atoms with Gasteiger partial charge in [0, 0.05) is 13.3 Å². The lowest BCUT2D eigenvalue weighted by atomic mass is 9.97. The van der Waals surface area contributed by atoms with Gasteiger partial charge >= 0.3 is 11.9 Å². The second-order valence-corrected chi connectivity index (χ2v) is 5.47. The highest BCUT2D eigenvalue weighted by molar-refractivity contribution is 5.75. The summed E-state index contributed by atoms with van der Waals surface area (Å²) >= 11 is 0. The van der Waals surface area contributed by atoms with Crippen molar-refractivity contribution in [1.29, 1.82) is 0 Å². The minimum Gasteiger partial charge on any atom is -0.569 e. The van der Waals surface area contributed by atoms with Gasteiger partial charge in [-0.15, -0.1) is 5.01 Å². The third-order valence-corrected chi connectivity index (χ3v) is 2.65. The molecule has 0 saturated carbocycles. The number of hydrazine groups is 1. The van der Waals surface area contributed by atoms with Crippen LogP contribution in [0.2, 0.25) is 0 Å². The van der Waals surface area contributed by atoms with Crippen LogP contribution in [0.25, 0.3) is 0 Å². The minimum atomic E-state index is -1.10. The molecular weight excluding hydrogens is 270 g/mol. The number of hydrogen-bond donors (Lipinski definition) is 1. The molecular formula is C11H19N3O6. The quantitative estimate of drug-likeness (QED) is 0.263. The second kappa shape index (κ2) is 5.93. The maximum absolute atomic E-state index is 11.5. The molecule has 1 N–H and O–H groups in total. The highest BCUT2D eigenvalue weighted by Gasteiger charge is 2.41. The molecule has 1 aliphatic heterocycles. The Morgan fingerprint density at radius 1 is 1.50 bits per heavy atom. The molecule has 0 aliphatic carbocycles. The number of rotatable bonds is 5. The van der Waals surface area contributed by atoms with E-state index < -0.39 is 29.7 Å². The van der Waals surface area contributed by atoms with Crippen LogP contribution in [0.4, 0.5) is 0 Å². The molecule has 0 spiro atoms. The third-order valence-electron chi connectivity index (χ3n) is 2.65. The average molecular weight is 289 g/mol. The van der Waals surface area contributed by atoms with E-state index in [4.69, 9.17) is 14.7 Å². The van der Waals surface area contributed by atoms with Crippen LogP contribution in [0.5, 0.6) is 0 Å². The number of aliphatic carboxylic acids is 1. The monoisotopic (exact) mass is 289 g/mol. The molecule has 0 aromatic carbocycles. The summed E-state index contributed by atoms with van der Waals surface area (Å²) in [6.07, 6.45) is -0.666. The van der Waals surface area contributed by atoms with E-state index >= 15 is 0 Å². The number of nitrogens with zero attached hydrogens (tertiary/aromatic N) is 3. The van der Waals surface area contributed by atoms with Gasteiger partial charge in [0.2, 0.25) is 5.28 Å². The van der Waals surface area contributed by atoms with Crippen molar-refractivity contribution in [3.8, 4) is 0 Å². The summed E-state index contributed by atoms with van der Waals surface area (Å²) in [5.41, 5.74) is -0.694. The highest BCUT2D eigenvalue weighted by atomic mass is 16.8. The molecule has 9 nitrogen and oxygen atoms in total. The smallest absolute Gasteiger partial charge is 0.332 e. The van der Waals surface area contributed by atoms with Gasteiger partial charge in [0.1, 0.15) is 0 Å². The molecule has 9 heteroatoms. The molecule has 20 heavy (non-hydrogen) atoms. The summed E-state index contributed by atoms with van der Waals surface area (Å²) in [7, 11) is 0. The van der Waals surface area contributed by atoms with E-state index in [2.05, 4.69) is 5.28 Å². The number of carbonyl (C=O) groups is 2. The van der Waals surface area contributed by atoms with Crippen LogP contribution in [0.3, 0.4) is 0 Å². The Labute approximate surface area is 116 Å². The Balaban J connectivity index is 2.47. The summed E-state index contributed by atoms with van der Waals surface area (Å²) in [6, 6.07) is -0.896. The van der Waals surface area contributed by atoms with E-state index in [0.717, 1.165) is 5.01 Å². The molecule has 1 fully saturated rings. The summed E-state index contributed by atoms with van der Waals surface area (Å²) in [4.78, 5) is 27.0. The summed E-state index contributed by atoms with van der Waals surface area (Å²) in [5, 5.41) is 24.4. The second-order valence-electron chi connectivity index (χ2n) is 5.47. The van der Waals surface area contributed by atoms with E-state index in [9.17, 15) is 14.8 Å². The van der Waals surface area contributed by atoms with Gasteiger partial charge in [-0.05, 0) is 20.8 Å². The van der Waals surface area contributed by atoms with Gasteiger partial charge in [-0.1, -0.05) is 0 Å². The molecule has 1 aliphatic rings. The first-order chi connectivity index (χ1) is 9.12. The van der Waals surface area contributed by atoms with Gasteiger partial charge in [0.05, 0.1) is 16.9 Å². The molecule has 0 aromatic rings. The van der Waals surface area contributed by atoms with Crippen LogP contribution in [-0.4, -0.2) is 45.9 Å². The standard InChI is InChI=1S/C11H19N3O6/c1-7(19-10(17)11(2,3)4)20-12-14(18)13-6-5-8(13)9(15)16/h7-8H,5-6H2,1-4H3,(H,15,16)/b14-12-/t7?,8-/m0/s1. The maximum Gasteiger partial charge on any atom is 0.332 e. The van der Waals surface area contributed by atoms with Crippen LogP contribution < -0.4 is 0 Å². The predicted molar refractivity (Wildman–Crippen MR) is 64.9 cm³/mol. The third kappa shape index (κ3) is 3.97. The average Bonchev–Trinajstić information content (AvgIpc) is 2.22. The Bertz CT molecular complexity index is 417. The SMILES string of the molecule is CC(O/N=[N+](\[O-])N1CC[C@H]1C(=O)O)OC(=O)C(C)(C)C. The zero-order valence-electron chi connectivity index (χ0n) is 11.9. The summed E-state index contributed by atoms with van der Waals surface area (Å²) in [6.45, 7) is 6.72. The molecule has 0 radical (unpaired) electrons. The maximum atomic E-state index is 11.5. The molecule has 0 aromatic heterocycles. The van der Waals surface area contributed by atoms with Crippen molar-refractivity contribution in [3.05, 3.63) is 5.21 Å². The van der Waals surface area contributed by atoms with Gasteiger partial charge in [0.25, 0.3) is 6.29 Å². The van der Waals surface area contributed by atoms with E-state index in [-0.39, 0.29) is 11.5 Å². The molecule has 2 atom stereocenters. The van der Waals surface area contributed by atoms with Crippen molar-refractivity contribution in [2.45, 2.75) is 46.4 Å². The van der Waals surface area contributed by atoms with Gasteiger partial charge in [-0.25, -0.2) is 4.79 Å². The van der Waals surface area contributed by atoms with Crippen molar-refractivity contribution < 1.29 is 29.2 Å². The Kier molecular flexibility index (Phi) is 4.74. The van der Waals surface area contributed by atoms with E-state index in [1.807, 2.05) is 0 Å². The Morgan fingerprint density at radius 3 is 2.50 bits per heavy atom.